The zero-order valence-electron chi connectivity index (χ0n) is 18.8. The Kier molecular flexibility index (Phi) is 5.50. The van der Waals surface area contributed by atoms with E-state index in [4.69, 9.17) is 4.74 Å². The summed E-state index contributed by atoms with van der Waals surface area (Å²) in [4.78, 5) is 48.6. The summed E-state index contributed by atoms with van der Waals surface area (Å²) in [6, 6.07) is 0. The predicted octanol–water partition coefficient (Wildman–Crippen LogP) is 0.892. The van der Waals surface area contributed by atoms with E-state index in [2.05, 4.69) is 0 Å². The van der Waals surface area contributed by atoms with Gasteiger partial charge in [0.1, 0.15) is 18.3 Å². The monoisotopic (exact) mass is 448 g/mol. The van der Waals surface area contributed by atoms with Gasteiger partial charge in [-0.1, -0.05) is 19.4 Å². The summed E-state index contributed by atoms with van der Waals surface area (Å²) in [5, 5.41) is 32.2. The number of hydrogen-bond acceptors (Lipinski definition) is 8. The number of carbonyl (C=O) groups excluding carboxylic acids is 4. The van der Waals surface area contributed by atoms with Crippen LogP contribution in [-0.2, 0) is 23.9 Å². The van der Waals surface area contributed by atoms with Crippen molar-refractivity contribution in [2.75, 3.05) is 6.61 Å². The average Bonchev–Trinajstić information content (AvgIpc) is 2.99. The first-order chi connectivity index (χ1) is 14.9. The van der Waals surface area contributed by atoms with Crippen LogP contribution in [0.2, 0.25) is 0 Å². The van der Waals surface area contributed by atoms with Crippen molar-refractivity contribution in [1.82, 2.24) is 0 Å². The fourth-order valence-electron chi connectivity index (χ4n) is 7.67. The third-order valence-electron chi connectivity index (χ3n) is 9.27. The van der Waals surface area contributed by atoms with E-state index in [1.165, 1.54) is 0 Å². The van der Waals surface area contributed by atoms with Gasteiger partial charge in [0.2, 0.25) is 5.78 Å². The summed E-state index contributed by atoms with van der Waals surface area (Å²) >= 11 is 0. The van der Waals surface area contributed by atoms with Crippen LogP contribution in [0.4, 0.5) is 0 Å². The molecule has 8 atom stereocenters. The number of ether oxygens (including phenoxy) is 1. The minimum atomic E-state index is -1.70. The molecule has 4 aliphatic carbocycles. The Bertz CT molecular complexity index is 908. The van der Waals surface area contributed by atoms with Crippen LogP contribution in [0.3, 0.4) is 0 Å². The van der Waals surface area contributed by atoms with E-state index < -0.39 is 52.8 Å². The third kappa shape index (κ3) is 2.99. The SMILES string of the molecule is CC(=O)C(=O)OC1CC(=O)C=C2CC[C@@H]3[C@H]([C@@H](O)C[C@@]4(C)[C@H]3CC[C@]4(O)C(=O)CO)[C@]21C. The Hall–Kier alpha value is -1.90. The van der Waals surface area contributed by atoms with Gasteiger partial charge < -0.3 is 20.1 Å². The molecule has 0 aromatic heterocycles. The number of ketones is 3. The lowest BCUT2D eigenvalue weighted by molar-refractivity contribution is -0.197. The van der Waals surface area contributed by atoms with Gasteiger partial charge in [-0.2, -0.15) is 0 Å². The predicted molar refractivity (Wildman–Crippen MR) is 111 cm³/mol. The standard InChI is InChI=1S/C24H32O8/c1-12(26)21(30)32-19-9-14(27)8-13-4-5-15-16-6-7-24(31,18(29)11-25)22(16,2)10-17(28)20(15)23(13,19)3/h8,15-17,19-20,25,28,31H,4-7,9-11H2,1-3H3/t15-,16-,17-,19?,20+,22-,23+,24-/m0/s1. The van der Waals surface area contributed by atoms with Crippen molar-refractivity contribution in [2.45, 2.75) is 77.1 Å². The Morgan fingerprint density at radius 3 is 2.53 bits per heavy atom. The molecule has 4 aliphatic rings. The smallest absolute Gasteiger partial charge is 0.374 e. The van der Waals surface area contributed by atoms with Crippen LogP contribution >= 0.6 is 0 Å². The second kappa shape index (κ2) is 7.57. The number of aliphatic hydroxyl groups is 3. The van der Waals surface area contributed by atoms with Crippen LogP contribution in [0.25, 0.3) is 0 Å². The molecule has 0 aliphatic heterocycles. The molecule has 1 unspecified atom stereocenters. The minimum Gasteiger partial charge on any atom is -0.455 e. The zero-order valence-corrected chi connectivity index (χ0v) is 18.8. The molecule has 0 radical (unpaired) electrons. The van der Waals surface area contributed by atoms with Crippen molar-refractivity contribution in [3.05, 3.63) is 11.6 Å². The molecular weight excluding hydrogens is 416 g/mol. The Morgan fingerprint density at radius 1 is 1.22 bits per heavy atom. The van der Waals surface area contributed by atoms with E-state index in [1.54, 1.807) is 6.08 Å². The first-order valence-electron chi connectivity index (χ1n) is 11.4. The van der Waals surface area contributed by atoms with Gasteiger partial charge in [0.05, 0.1) is 6.10 Å². The van der Waals surface area contributed by atoms with E-state index in [0.29, 0.717) is 19.3 Å². The zero-order chi connectivity index (χ0) is 23.6. The second-order valence-corrected chi connectivity index (χ2v) is 10.6. The summed E-state index contributed by atoms with van der Waals surface area (Å²) in [6.07, 6.45) is 1.97. The van der Waals surface area contributed by atoms with E-state index in [1.807, 2.05) is 13.8 Å². The maximum Gasteiger partial charge on any atom is 0.374 e. The molecule has 8 nitrogen and oxygen atoms in total. The Balaban J connectivity index is 1.75. The molecular formula is C24H32O8. The van der Waals surface area contributed by atoms with Gasteiger partial charge >= 0.3 is 5.97 Å². The molecule has 3 fully saturated rings. The molecule has 0 spiro atoms. The van der Waals surface area contributed by atoms with Gasteiger partial charge in [0.25, 0.3) is 0 Å². The average molecular weight is 449 g/mol. The van der Waals surface area contributed by atoms with Gasteiger partial charge in [-0.25, -0.2) is 4.79 Å². The van der Waals surface area contributed by atoms with Gasteiger partial charge in [0.15, 0.2) is 11.6 Å². The summed E-state index contributed by atoms with van der Waals surface area (Å²) in [7, 11) is 0. The van der Waals surface area contributed by atoms with E-state index >= 15 is 0 Å². The highest BCUT2D eigenvalue weighted by Crippen LogP contribution is 2.67. The van der Waals surface area contributed by atoms with Crippen molar-refractivity contribution >= 4 is 23.3 Å². The Morgan fingerprint density at radius 2 is 1.91 bits per heavy atom. The van der Waals surface area contributed by atoms with Gasteiger partial charge in [-0.3, -0.25) is 14.4 Å². The number of fused-ring (bicyclic) bond motifs is 5. The molecule has 4 rings (SSSR count). The van der Waals surface area contributed by atoms with Crippen molar-refractivity contribution in [3.8, 4) is 0 Å². The van der Waals surface area contributed by atoms with Crippen molar-refractivity contribution in [2.24, 2.45) is 28.6 Å². The quantitative estimate of drug-likeness (QED) is 0.426. The highest BCUT2D eigenvalue weighted by atomic mass is 16.5. The fraction of sp³-hybridized carbons (Fsp3) is 0.750. The van der Waals surface area contributed by atoms with Gasteiger partial charge in [-0.15, -0.1) is 0 Å². The van der Waals surface area contributed by atoms with Crippen LogP contribution in [0.15, 0.2) is 11.6 Å². The summed E-state index contributed by atoms with van der Waals surface area (Å²) < 4.78 is 5.53. The van der Waals surface area contributed by atoms with Crippen molar-refractivity contribution in [1.29, 1.82) is 0 Å². The first-order valence-corrected chi connectivity index (χ1v) is 11.4. The molecule has 3 N–H and O–H groups in total. The maximum atomic E-state index is 12.5. The van der Waals surface area contributed by atoms with Crippen LogP contribution in [0, 0.1) is 28.6 Å². The number of aliphatic hydroxyl groups excluding tert-OH is 2. The topological polar surface area (TPSA) is 138 Å². The number of hydrogen-bond donors (Lipinski definition) is 3. The molecule has 0 amide bonds. The molecule has 32 heavy (non-hydrogen) atoms. The number of rotatable bonds is 4. The summed E-state index contributed by atoms with van der Waals surface area (Å²) in [6.45, 7) is 4.09. The highest BCUT2D eigenvalue weighted by Gasteiger charge is 2.69. The van der Waals surface area contributed by atoms with E-state index in [-0.39, 0.29) is 42.8 Å². The molecule has 0 heterocycles. The van der Waals surface area contributed by atoms with Crippen LogP contribution in [-0.4, -0.2) is 63.1 Å². The van der Waals surface area contributed by atoms with Crippen LogP contribution in [0.1, 0.15) is 59.3 Å². The second-order valence-electron chi connectivity index (χ2n) is 10.6. The molecule has 0 aromatic rings. The molecule has 3 saturated carbocycles. The largest absolute Gasteiger partial charge is 0.455 e. The normalized spacial score (nSPS) is 45.2. The van der Waals surface area contributed by atoms with Crippen LogP contribution in [0.5, 0.6) is 0 Å². The lowest BCUT2D eigenvalue weighted by Crippen LogP contribution is -2.64. The molecule has 8 heteroatoms. The van der Waals surface area contributed by atoms with E-state index in [0.717, 1.165) is 12.5 Å². The minimum absolute atomic E-state index is 0.0518. The molecule has 0 bridgehead atoms. The first kappa shape index (κ1) is 23.3. The number of Topliss-reactive ketones (excluding diaryl/α,β-unsaturated/α-hetero) is 2. The van der Waals surface area contributed by atoms with Gasteiger partial charge in [-0.05, 0) is 50.0 Å². The molecule has 0 saturated heterocycles. The fourth-order valence-corrected chi connectivity index (χ4v) is 7.67. The third-order valence-corrected chi connectivity index (χ3v) is 9.27. The Labute approximate surface area is 187 Å². The van der Waals surface area contributed by atoms with Crippen molar-refractivity contribution < 1.29 is 39.2 Å². The molecule has 176 valence electrons. The van der Waals surface area contributed by atoms with E-state index in [9.17, 15) is 34.5 Å². The summed E-state index contributed by atoms with van der Waals surface area (Å²) in [5.41, 5.74) is -2.59. The molecule has 0 aromatic carbocycles. The summed E-state index contributed by atoms with van der Waals surface area (Å²) in [5.74, 6) is -3.03. The lowest BCUT2D eigenvalue weighted by Gasteiger charge is -2.61. The van der Waals surface area contributed by atoms with Crippen molar-refractivity contribution in [3.63, 3.8) is 0 Å². The number of esters is 1. The lowest BCUT2D eigenvalue weighted by atomic mass is 9.44. The number of carbonyl (C=O) groups is 4. The highest BCUT2D eigenvalue weighted by molar-refractivity contribution is 6.32. The van der Waals surface area contributed by atoms with Gasteiger partial charge in [0, 0.05) is 30.1 Å². The van der Waals surface area contributed by atoms with Crippen LogP contribution < -0.4 is 0 Å². The maximum absolute atomic E-state index is 12.5.